The van der Waals surface area contributed by atoms with Gasteiger partial charge in [-0.2, -0.15) is 0 Å². The molecule has 0 aromatic heterocycles. The van der Waals surface area contributed by atoms with E-state index in [0.717, 1.165) is 0 Å². The number of carboxylic acids is 1. The number of carbonyl (C=O) groups excluding carboxylic acids is 2. The lowest BCUT2D eigenvalue weighted by Gasteiger charge is -2.24. The average molecular weight is 445 g/mol. The van der Waals surface area contributed by atoms with Crippen LogP contribution in [0.4, 0.5) is 0 Å². The van der Waals surface area contributed by atoms with Crippen molar-refractivity contribution in [2.45, 2.75) is 44.0 Å². The van der Waals surface area contributed by atoms with Crippen LogP contribution >= 0.6 is 0 Å². The minimum absolute atomic E-state index is 0.0187. The number of carboxylic acid groups (broad SMARTS) is 1. The maximum atomic E-state index is 12.6. The zero-order chi connectivity index (χ0) is 23.8. The minimum Gasteiger partial charge on any atom is -0.508 e. The van der Waals surface area contributed by atoms with E-state index in [1.807, 2.05) is 0 Å². The molecular weight excluding hydrogens is 418 g/mol. The molecule has 2 amide bonds. The average Bonchev–Trinajstić information content (AvgIpc) is 2.73. The van der Waals surface area contributed by atoms with Crippen molar-refractivity contribution < 1.29 is 34.8 Å². The van der Waals surface area contributed by atoms with E-state index in [2.05, 4.69) is 10.6 Å². The molecule has 10 nitrogen and oxygen atoms in total. The molecule has 32 heavy (non-hydrogen) atoms. The number of phenols is 2. The number of hydrogen-bond donors (Lipinski definition) is 7. The number of benzene rings is 2. The summed E-state index contributed by atoms with van der Waals surface area (Å²) in [6.45, 7) is 1.28. The molecule has 0 spiro atoms. The lowest BCUT2D eigenvalue weighted by atomic mass is 10.0. The molecule has 2 aromatic carbocycles. The third kappa shape index (κ3) is 7.25. The molecule has 0 fully saturated rings. The predicted molar refractivity (Wildman–Crippen MR) is 115 cm³/mol. The van der Waals surface area contributed by atoms with Gasteiger partial charge in [0.05, 0.1) is 12.1 Å². The van der Waals surface area contributed by atoms with Crippen LogP contribution in [0.3, 0.4) is 0 Å². The molecule has 0 bridgehead atoms. The van der Waals surface area contributed by atoms with Gasteiger partial charge in [-0.15, -0.1) is 0 Å². The molecular formula is C22H27N3O7. The molecule has 0 aliphatic heterocycles. The molecule has 0 unspecified atom stereocenters. The fraction of sp³-hybridized carbons (Fsp3) is 0.318. The molecule has 2 aromatic rings. The number of nitrogens with two attached hydrogens (primary N) is 1. The number of amides is 2. The molecule has 0 heterocycles. The van der Waals surface area contributed by atoms with Crippen LogP contribution in [0, 0.1) is 0 Å². The first-order valence-corrected chi connectivity index (χ1v) is 9.90. The van der Waals surface area contributed by atoms with Gasteiger partial charge < -0.3 is 36.8 Å². The summed E-state index contributed by atoms with van der Waals surface area (Å²) < 4.78 is 0. The van der Waals surface area contributed by atoms with Crippen LogP contribution < -0.4 is 16.4 Å². The van der Waals surface area contributed by atoms with Crippen molar-refractivity contribution in [1.29, 1.82) is 0 Å². The Kier molecular flexibility index (Phi) is 8.56. The molecule has 10 heteroatoms. The van der Waals surface area contributed by atoms with E-state index < -0.39 is 42.0 Å². The first-order valence-electron chi connectivity index (χ1n) is 9.90. The van der Waals surface area contributed by atoms with Crippen molar-refractivity contribution in [2.24, 2.45) is 5.73 Å². The van der Waals surface area contributed by atoms with E-state index in [9.17, 15) is 34.8 Å². The van der Waals surface area contributed by atoms with E-state index in [1.165, 1.54) is 43.3 Å². The SMILES string of the molecule is C[C@@H](O)[C@H](NC(=O)[C@@H](N)Cc1ccc(O)cc1)C(=O)N[C@@H](Cc1ccc(O)cc1)C(=O)O. The second-order valence-electron chi connectivity index (χ2n) is 7.47. The van der Waals surface area contributed by atoms with Crippen LogP contribution in [0.2, 0.25) is 0 Å². The topological polar surface area (TPSA) is 182 Å². The maximum absolute atomic E-state index is 12.6. The summed E-state index contributed by atoms with van der Waals surface area (Å²) in [4.78, 5) is 36.7. The molecule has 0 aliphatic carbocycles. The van der Waals surface area contributed by atoms with Gasteiger partial charge in [0, 0.05) is 6.42 Å². The molecule has 172 valence electrons. The number of aromatic hydroxyl groups is 2. The van der Waals surface area contributed by atoms with Gasteiger partial charge in [-0.3, -0.25) is 9.59 Å². The van der Waals surface area contributed by atoms with Gasteiger partial charge in [-0.05, 0) is 48.7 Å². The van der Waals surface area contributed by atoms with E-state index in [1.54, 1.807) is 12.1 Å². The number of carbonyl (C=O) groups is 3. The Labute approximate surface area is 184 Å². The van der Waals surface area contributed by atoms with E-state index >= 15 is 0 Å². The second kappa shape index (κ2) is 11.1. The van der Waals surface area contributed by atoms with Gasteiger partial charge >= 0.3 is 5.97 Å². The van der Waals surface area contributed by atoms with E-state index in [4.69, 9.17) is 5.73 Å². The minimum atomic E-state index is -1.42. The molecule has 4 atom stereocenters. The first kappa shape index (κ1) is 24.6. The van der Waals surface area contributed by atoms with Crippen molar-refractivity contribution >= 4 is 17.8 Å². The Bertz CT molecular complexity index is 930. The smallest absolute Gasteiger partial charge is 0.326 e. The Hall–Kier alpha value is -3.63. The lowest BCUT2D eigenvalue weighted by Crippen LogP contribution is -2.58. The molecule has 2 rings (SSSR count). The Morgan fingerprint density at radius 1 is 0.844 bits per heavy atom. The van der Waals surface area contributed by atoms with Crippen molar-refractivity contribution in [3.63, 3.8) is 0 Å². The summed E-state index contributed by atoms with van der Waals surface area (Å²) in [6.07, 6.45) is -1.26. The zero-order valence-corrected chi connectivity index (χ0v) is 17.4. The number of hydrogen-bond acceptors (Lipinski definition) is 7. The Morgan fingerprint density at radius 3 is 1.75 bits per heavy atom. The largest absolute Gasteiger partial charge is 0.508 e. The quantitative estimate of drug-likeness (QED) is 0.259. The number of rotatable bonds is 10. The number of aliphatic carboxylic acids is 1. The molecule has 0 saturated carbocycles. The number of aliphatic hydroxyl groups excluding tert-OH is 1. The van der Waals surface area contributed by atoms with Gasteiger partial charge in [0.25, 0.3) is 0 Å². The highest BCUT2D eigenvalue weighted by Gasteiger charge is 2.31. The number of nitrogens with one attached hydrogen (secondary N) is 2. The highest BCUT2D eigenvalue weighted by molar-refractivity contribution is 5.92. The third-order valence-corrected chi connectivity index (χ3v) is 4.78. The standard InChI is InChI=1S/C22H27N3O7/c1-12(26)19(25-20(29)17(23)10-13-2-6-15(27)7-3-13)21(30)24-18(22(31)32)11-14-4-8-16(28)9-5-14/h2-9,12,17-19,26-28H,10-11,23H2,1H3,(H,24,30)(H,25,29)(H,31,32)/t12-,17+,18+,19+/m1/s1. The fourth-order valence-corrected chi connectivity index (χ4v) is 2.97. The molecule has 0 radical (unpaired) electrons. The zero-order valence-electron chi connectivity index (χ0n) is 17.4. The van der Waals surface area contributed by atoms with Crippen LogP contribution in [0.25, 0.3) is 0 Å². The van der Waals surface area contributed by atoms with Crippen LogP contribution in [0.1, 0.15) is 18.1 Å². The summed E-state index contributed by atoms with van der Waals surface area (Å²) in [6, 6.07) is 8.14. The first-order chi connectivity index (χ1) is 15.1. The van der Waals surface area contributed by atoms with Gasteiger partial charge in [-0.25, -0.2) is 4.79 Å². The van der Waals surface area contributed by atoms with Crippen molar-refractivity contribution in [3.05, 3.63) is 59.7 Å². The highest BCUT2D eigenvalue weighted by Crippen LogP contribution is 2.13. The number of phenolic OH excluding ortho intramolecular Hbond substituents is 2. The fourth-order valence-electron chi connectivity index (χ4n) is 2.97. The van der Waals surface area contributed by atoms with E-state index in [0.29, 0.717) is 11.1 Å². The maximum Gasteiger partial charge on any atom is 0.326 e. The lowest BCUT2D eigenvalue weighted by molar-refractivity contribution is -0.142. The Morgan fingerprint density at radius 2 is 1.31 bits per heavy atom. The van der Waals surface area contributed by atoms with Crippen molar-refractivity contribution in [1.82, 2.24) is 10.6 Å². The molecule has 0 saturated heterocycles. The summed E-state index contributed by atoms with van der Waals surface area (Å²) in [5.74, 6) is -2.80. The summed E-state index contributed by atoms with van der Waals surface area (Å²) >= 11 is 0. The highest BCUT2D eigenvalue weighted by atomic mass is 16.4. The summed E-state index contributed by atoms with van der Waals surface area (Å²) in [5, 5.41) is 42.8. The van der Waals surface area contributed by atoms with Gasteiger partial charge in [0.15, 0.2) is 0 Å². The normalized spacial score (nSPS) is 14.6. The number of aliphatic hydroxyl groups is 1. The monoisotopic (exact) mass is 445 g/mol. The molecule has 0 aliphatic rings. The Balaban J connectivity index is 2.02. The van der Waals surface area contributed by atoms with Crippen LogP contribution in [0.15, 0.2) is 48.5 Å². The van der Waals surface area contributed by atoms with Gasteiger partial charge in [0.1, 0.15) is 23.6 Å². The van der Waals surface area contributed by atoms with Crippen LogP contribution in [-0.2, 0) is 27.2 Å². The summed E-state index contributed by atoms with van der Waals surface area (Å²) in [5.41, 5.74) is 7.14. The van der Waals surface area contributed by atoms with Crippen LogP contribution in [0.5, 0.6) is 11.5 Å². The predicted octanol–water partition coefficient (Wildman–Crippen LogP) is -0.355. The molecule has 8 N–H and O–H groups in total. The van der Waals surface area contributed by atoms with Crippen LogP contribution in [-0.4, -0.2) is 62.4 Å². The second-order valence-corrected chi connectivity index (χ2v) is 7.47. The van der Waals surface area contributed by atoms with E-state index in [-0.39, 0.29) is 24.3 Å². The van der Waals surface area contributed by atoms with Gasteiger partial charge in [0.2, 0.25) is 11.8 Å². The van der Waals surface area contributed by atoms with Crippen molar-refractivity contribution in [2.75, 3.05) is 0 Å². The van der Waals surface area contributed by atoms with Gasteiger partial charge in [-0.1, -0.05) is 24.3 Å². The summed E-state index contributed by atoms with van der Waals surface area (Å²) in [7, 11) is 0. The third-order valence-electron chi connectivity index (χ3n) is 4.78. The van der Waals surface area contributed by atoms with Crippen molar-refractivity contribution in [3.8, 4) is 11.5 Å².